The van der Waals surface area contributed by atoms with Gasteiger partial charge < -0.3 is 15.3 Å². The van der Waals surface area contributed by atoms with Gasteiger partial charge in [-0.05, 0) is 26.2 Å². The van der Waals surface area contributed by atoms with Crippen LogP contribution in [0.1, 0.15) is 66.2 Å². The van der Waals surface area contributed by atoms with Crippen molar-refractivity contribution in [2.75, 3.05) is 13.1 Å². The van der Waals surface area contributed by atoms with Crippen LogP contribution in [0.2, 0.25) is 0 Å². The molecular formula is C15H30N2O3. The van der Waals surface area contributed by atoms with Crippen LogP contribution in [0.3, 0.4) is 0 Å². The van der Waals surface area contributed by atoms with E-state index in [1.807, 2.05) is 6.92 Å². The predicted octanol–water partition coefficient (Wildman–Crippen LogP) is 3.24. The largest absolute Gasteiger partial charge is 0.480 e. The van der Waals surface area contributed by atoms with Crippen LogP contribution in [-0.4, -0.2) is 40.6 Å². The molecule has 0 saturated carbocycles. The van der Waals surface area contributed by atoms with Crippen LogP contribution in [0, 0.1) is 0 Å². The van der Waals surface area contributed by atoms with E-state index in [-0.39, 0.29) is 6.03 Å². The van der Waals surface area contributed by atoms with Gasteiger partial charge in [0.05, 0.1) is 0 Å². The van der Waals surface area contributed by atoms with E-state index < -0.39 is 11.5 Å². The van der Waals surface area contributed by atoms with Gasteiger partial charge >= 0.3 is 12.0 Å². The molecule has 0 aromatic heterocycles. The second kappa shape index (κ2) is 9.61. The first-order chi connectivity index (χ1) is 9.41. The lowest BCUT2D eigenvalue weighted by Crippen LogP contribution is -2.56. The fourth-order valence-electron chi connectivity index (χ4n) is 2.05. The van der Waals surface area contributed by atoms with Crippen LogP contribution in [-0.2, 0) is 4.79 Å². The maximum atomic E-state index is 12.3. The molecule has 0 radical (unpaired) electrons. The van der Waals surface area contributed by atoms with Gasteiger partial charge in [0, 0.05) is 13.1 Å². The van der Waals surface area contributed by atoms with Crippen molar-refractivity contribution in [3.63, 3.8) is 0 Å². The number of rotatable bonds is 10. The summed E-state index contributed by atoms with van der Waals surface area (Å²) in [6.45, 7) is 9.02. The minimum atomic E-state index is -1.18. The summed E-state index contributed by atoms with van der Waals surface area (Å²) in [6.07, 6.45) is 5.06. The van der Waals surface area contributed by atoms with E-state index in [2.05, 4.69) is 19.2 Å². The molecule has 5 nitrogen and oxygen atoms in total. The Balaban J connectivity index is 4.72. The van der Waals surface area contributed by atoms with Crippen molar-refractivity contribution in [1.82, 2.24) is 10.2 Å². The van der Waals surface area contributed by atoms with Crippen molar-refractivity contribution < 1.29 is 14.7 Å². The highest BCUT2D eigenvalue weighted by molar-refractivity contribution is 5.85. The van der Waals surface area contributed by atoms with Crippen molar-refractivity contribution in [1.29, 1.82) is 0 Å². The molecule has 0 aromatic rings. The number of aliphatic carboxylic acids is 1. The van der Waals surface area contributed by atoms with E-state index in [1.54, 1.807) is 11.8 Å². The Morgan fingerprint density at radius 1 is 1.05 bits per heavy atom. The molecule has 0 aliphatic carbocycles. The topological polar surface area (TPSA) is 69.6 Å². The van der Waals surface area contributed by atoms with E-state index in [0.717, 1.165) is 25.7 Å². The quantitative estimate of drug-likeness (QED) is 0.647. The van der Waals surface area contributed by atoms with E-state index in [4.69, 9.17) is 0 Å². The predicted molar refractivity (Wildman–Crippen MR) is 80.9 cm³/mol. The number of unbranched alkanes of at least 4 members (excludes halogenated alkanes) is 2. The zero-order valence-corrected chi connectivity index (χ0v) is 13.4. The monoisotopic (exact) mass is 286 g/mol. The summed E-state index contributed by atoms with van der Waals surface area (Å²) >= 11 is 0. The molecule has 0 aliphatic heterocycles. The lowest BCUT2D eigenvalue weighted by atomic mass is 9.96. The minimum Gasteiger partial charge on any atom is -0.480 e. The molecular weight excluding hydrogens is 256 g/mol. The average molecular weight is 286 g/mol. The number of carboxylic acid groups (broad SMARTS) is 1. The molecule has 118 valence electrons. The summed E-state index contributed by atoms with van der Waals surface area (Å²) in [5.74, 6) is -0.973. The fourth-order valence-corrected chi connectivity index (χ4v) is 2.05. The van der Waals surface area contributed by atoms with E-state index in [1.165, 1.54) is 0 Å². The Kier molecular flexibility index (Phi) is 9.01. The molecule has 0 rings (SSSR count). The van der Waals surface area contributed by atoms with Crippen molar-refractivity contribution in [2.45, 2.75) is 71.8 Å². The third-order valence-corrected chi connectivity index (χ3v) is 3.46. The third-order valence-electron chi connectivity index (χ3n) is 3.46. The van der Waals surface area contributed by atoms with E-state index in [9.17, 15) is 14.7 Å². The van der Waals surface area contributed by atoms with Gasteiger partial charge in [-0.15, -0.1) is 0 Å². The number of carbonyl (C=O) groups is 2. The molecule has 0 fully saturated rings. The van der Waals surface area contributed by atoms with Crippen molar-refractivity contribution in [3.05, 3.63) is 0 Å². The number of hydrogen-bond acceptors (Lipinski definition) is 2. The molecule has 1 atom stereocenters. The molecule has 0 spiro atoms. The maximum absolute atomic E-state index is 12.3. The number of nitrogens with one attached hydrogen (secondary N) is 1. The van der Waals surface area contributed by atoms with Crippen LogP contribution in [0.15, 0.2) is 0 Å². The van der Waals surface area contributed by atoms with Crippen LogP contribution < -0.4 is 5.32 Å². The highest BCUT2D eigenvalue weighted by atomic mass is 16.4. The fraction of sp³-hybridized carbons (Fsp3) is 0.867. The highest BCUT2D eigenvalue weighted by Crippen LogP contribution is 2.14. The molecule has 0 heterocycles. The summed E-state index contributed by atoms with van der Waals surface area (Å²) in [4.78, 5) is 25.4. The first kappa shape index (κ1) is 18.7. The van der Waals surface area contributed by atoms with Gasteiger partial charge in [0.15, 0.2) is 0 Å². The molecule has 0 bridgehead atoms. The SMILES string of the molecule is CCCCN(CCCC)C(=O)NC(C)(CCC)C(=O)O. The second-order valence-corrected chi connectivity index (χ2v) is 5.51. The van der Waals surface area contributed by atoms with Gasteiger partial charge in [0.25, 0.3) is 0 Å². The lowest BCUT2D eigenvalue weighted by molar-refractivity contribution is -0.144. The van der Waals surface area contributed by atoms with Crippen LogP contribution >= 0.6 is 0 Å². The Morgan fingerprint density at radius 2 is 1.55 bits per heavy atom. The summed E-state index contributed by atoms with van der Waals surface area (Å²) in [6, 6.07) is -0.259. The smallest absolute Gasteiger partial charge is 0.329 e. The van der Waals surface area contributed by atoms with Gasteiger partial charge in [-0.25, -0.2) is 9.59 Å². The molecule has 20 heavy (non-hydrogen) atoms. The van der Waals surface area contributed by atoms with Gasteiger partial charge in [0.1, 0.15) is 5.54 Å². The third kappa shape index (κ3) is 6.26. The Morgan fingerprint density at radius 3 is 1.90 bits per heavy atom. The minimum absolute atomic E-state index is 0.259. The van der Waals surface area contributed by atoms with E-state index in [0.29, 0.717) is 25.9 Å². The number of carbonyl (C=O) groups excluding carboxylic acids is 1. The lowest BCUT2D eigenvalue weighted by Gasteiger charge is -2.30. The molecule has 0 aliphatic rings. The number of nitrogens with zero attached hydrogens (tertiary/aromatic N) is 1. The molecule has 0 saturated heterocycles. The van der Waals surface area contributed by atoms with Gasteiger partial charge in [0.2, 0.25) is 0 Å². The molecule has 2 amide bonds. The van der Waals surface area contributed by atoms with Crippen molar-refractivity contribution >= 4 is 12.0 Å². The van der Waals surface area contributed by atoms with Crippen molar-refractivity contribution in [2.24, 2.45) is 0 Å². The van der Waals surface area contributed by atoms with Gasteiger partial charge in [-0.2, -0.15) is 0 Å². The van der Waals surface area contributed by atoms with E-state index >= 15 is 0 Å². The number of carboxylic acids is 1. The summed E-state index contributed by atoms with van der Waals surface area (Å²) in [5, 5.41) is 12.0. The molecule has 1 unspecified atom stereocenters. The summed E-state index contributed by atoms with van der Waals surface area (Å²) < 4.78 is 0. The number of urea groups is 1. The zero-order valence-electron chi connectivity index (χ0n) is 13.4. The maximum Gasteiger partial charge on any atom is 0.329 e. The normalized spacial score (nSPS) is 13.6. The number of amides is 2. The average Bonchev–Trinajstić information content (AvgIpc) is 2.38. The van der Waals surface area contributed by atoms with Gasteiger partial charge in [-0.3, -0.25) is 0 Å². The highest BCUT2D eigenvalue weighted by Gasteiger charge is 2.34. The molecule has 0 aromatic carbocycles. The Bertz CT molecular complexity index is 299. The standard InChI is InChI=1S/C15H30N2O3/c1-5-8-11-17(12-9-6-2)14(20)16-15(4,10-7-3)13(18)19/h5-12H2,1-4H3,(H,16,20)(H,18,19). The first-order valence-corrected chi connectivity index (χ1v) is 7.71. The summed E-state index contributed by atoms with van der Waals surface area (Å²) in [5.41, 5.74) is -1.18. The van der Waals surface area contributed by atoms with Crippen molar-refractivity contribution in [3.8, 4) is 0 Å². The Hall–Kier alpha value is -1.26. The molecule has 5 heteroatoms. The van der Waals surface area contributed by atoms with Gasteiger partial charge in [-0.1, -0.05) is 40.0 Å². The Labute approximate surface area is 122 Å². The van der Waals surface area contributed by atoms with Crippen LogP contribution in [0.4, 0.5) is 4.79 Å². The van der Waals surface area contributed by atoms with Crippen LogP contribution in [0.25, 0.3) is 0 Å². The second-order valence-electron chi connectivity index (χ2n) is 5.51. The van der Waals surface area contributed by atoms with Crippen LogP contribution in [0.5, 0.6) is 0 Å². The zero-order chi connectivity index (χ0) is 15.6. The first-order valence-electron chi connectivity index (χ1n) is 7.71. The number of hydrogen-bond donors (Lipinski definition) is 2. The summed E-state index contributed by atoms with van der Waals surface area (Å²) in [7, 11) is 0. The molecule has 2 N–H and O–H groups in total.